The first-order valence-corrected chi connectivity index (χ1v) is 14.1. The van der Waals surface area contributed by atoms with Crippen LogP contribution in [-0.2, 0) is 21.1 Å². The maximum atomic E-state index is 6.16. The minimum atomic E-state index is 0. The van der Waals surface area contributed by atoms with Gasteiger partial charge in [-0.1, -0.05) is 35.2 Å². The van der Waals surface area contributed by atoms with E-state index in [-0.39, 0.29) is 21.1 Å². The molecule has 216 valence electrons. The average molecular weight is 763 g/mol. The smallest absolute Gasteiger partial charge is 0.481 e. The number of fused-ring (bicyclic) bond motifs is 4. The third-order valence-electron chi connectivity index (χ3n) is 7.77. The van der Waals surface area contributed by atoms with Crippen LogP contribution in [0.3, 0.4) is 0 Å². The molecule has 0 bridgehead atoms. The second-order valence-corrected chi connectivity index (χ2v) is 10.4. The van der Waals surface area contributed by atoms with Crippen molar-refractivity contribution in [3.8, 4) is 39.8 Å². The molecule has 8 nitrogen and oxygen atoms in total. The molecule has 0 atom stereocenters. The van der Waals surface area contributed by atoms with Crippen LogP contribution in [0.2, 0.25) is 0 Å². The van der Waals surface area contributed by atoms with E-state index in [9.17, 15) is 0 Å². The van der Waals surface area contributed by atoms with E-state index in [0.29, 0.717) is 5.89 Å². The fraction of sp³-hybridized carbons (Fsp3) is 0. The molecule has 4 aromatic carbocycles. The normalized spacial score (nSPS) is 11.4. The van der Waals surface area contributed by atoms with Crippen LogP contribution in [-0.4, -0.2) is 34.1 Å². The van der Waals surface area contributed by atoms with Crippen molar-refractivity contribution >= 4 is 32.9 Å². The van der Waals surface area contributed by atoms with Gasteiger partial charge in [-0.05, 0) is 70.8 Å². The Morgan fingerprint density at radius 1 is 0.667 bits per heavy atom. The summed E-state index contributed by atoms with van der Waals surface area (Å²) in [5, 5.41) is 11.1. The number of aromatic nitrogens is 7. The molecule has 0 fully saturated rings. The van der Waals surface area contributed by atoms with Gasteiger partial charge < -0.3 is 14.0 Å². The maximum absolute atomic E-state index is 6.16. The Balaban J connectivity index is 0.00000300. The number of hydrogen-bond acceptors (Lipinski definition) is 5. The van der Waals surface area contributed by atoms with Gasteiger partial charge >= 0.3 is 21.1 Å². The largest absolute Gasteiger partial charge is 2.00 e. The van der Waals surface area contributed by atoms with Gasteiger partial charge in [-0.3, -0.25) is 9.67 Å². The first kappa shape index (κ1) is 27.0. The van der Waals surface area contributed by atoms with Crippen LogP contribution >= 0.6 is 0 Å². The number of oxazole rings is 1. The predicted molar refractivity (Wildman–Crippen MR) is 169 cm³/mol. The summed E-state index contributed by atoms with van der Waals surface area (Å²) in [7, 11) is 0. The molecule has 9 heteroatoms. The SMILES string of the molecule is [Pt+2].[c-]1c(-c2ccccn2)ccc(-n2cccn2)c1-n1c2[c-]c(-c3nc4ccccc4o3)ccc2c2cc(-n3cccn3)ccc21. The first-order valence-electron chi connectivity index (χ1n) is 14.1. The summed E-state index contributed by atoms with van der Waals surface area (Å²) < 4.78 is 12.1. The number of hydrogen-bond donors (Lipinski definition) is 0. The molecule has 0 saturated carbocycles. The van der Waals surface area contributed by atoms with Crippen LogP contribution in [0.1, 0.15) is 0 Å². The van der Waals surface area contributed by atoms with Gasteiger partial charge in [0.25, 0.3) is 0 Å². The number of rotatable bonds is 5. The standard InChI is InChI=1S/C36H21N7O.Pt/c1-2-9-35-30(8-1)40-36(44-35)25-10-13-27-28-23-26(41-19-5-17-38-41)12-15-31(28)43(33(27)22-25)34-21-24(29-7-3-4-16-37-29)11-14-32(34)42-20-6-18-39-42;/h1-20,23H;/q-2;+2. The summed E-state index contributed by atoms with van der Waals surface area (Å²) in [5.41, 5.74) is 8.49. The molecule has 9 aromatic rings. The third kappa shape index (κ3) is 4.50. The Morgan fingerprint density at radius 2 is 1.49 bits per heavy atom. The van der Waals surface area contributed by atoms with Crippen molar-refractivity contribution in [2.75, 3.05) is 0 Å². The van der Waals surface area contributed by atoms with Crippen LogP contribution in [0.5, 0.6) is 0 Å². The van der Waals surface area contributed by atoms with E-state index < -0.39 is 0 Å². The van der Waals surface area contributed by atoms with Gasteiger partial charge in [-0.2, -0.15) is 10.2 Å². The second-order valence-electron chi connectivity index (χ2n) is 10.4. The molecular formula is C36H21N7OPt. The van der Waals surface area contributed by atoms with Gasteiger partial charge in [-0.25, -0.2) is 4.68 Å². The van der Waals surface area contributed by atoms with Crippen LogP contribution in [0.25, 0.3) is 72.7 Å². The molecule has 0 aliphatic heterocycles. The zero-order valence-electron chi connectivity index (χ0n) is 23.5. The van der Waals surface area contributed by atoms with Crippen molar-refractivity contribution in [2.24, 2.45) is 0 Å². The average Bonchev–Trinajstić information content (AvgIpc) is 3.90. The molecule has 9 rings (SSSR count). The molecule has 45 heavy (non-hydrogen) atoms. The molecule has 0 unspecified atom stereocenters. The summed E-state index contributed by atoms with van der Waals surface area (Å²) in [4.78, 5) is 9.36. The molecule has 5 heterocycles. The first-order chi connectivity index (χ1) is 21.8. The topological polar surface area (TPSA) is 79.5 Å². The van der Waals surface area contributed by atoms with Crippen molar-refractivity contribution in [2.45, 2.75) is 0 Å². The Morgan fingerprint density at radius 3 is 2.29 bits per heavy atom. The van der Waals surface area contributed by atoms with Crippen LogP contribution in [0.4, 0.5) is 0 Å². The van der Waals surface area contributed by atoms with Gasteiger partial charge in [0.2, 0.25) is 0 Å². The minimum Gasteiger partial charge on any atom is -0.481 e. The van der Waals surface area contributed by atoms with E-state index in [0.717, 1.165) is 66.8 Å². The van der Waals surface area contributed by atoms with Gasteiger partial charge in [-0.15, -0.1) is 42.0 Å². The van der Waals surface area contributed by atoms with Crippen LogP contribution in [0.15, 0.2) is 132 Å². The van der Waals surface area contributed by atoms with Crippen molar-refractivity contribution in [1.29, 1.82) is 0 Å². The molecule has 0 spiro atoms. The quantitative estimate of drug-likeness (QED) is 0.169. The zero-order chi connectivity index (χ0) is 29.0. The van der Waals surface area contributed by atoms with Gasteiger partial charge in [0, 0.05) is 42.2 Å². The fourth-order valence-corrected chi connectivity index (χ4v) is 5.75. The summed E-state index contributed by atoms with van der Waals surface area (Å²) >= 11 is 0. The number of benzene rings is 4. The number of nitrogens with zero attached hydrogens (tertiary/aromatic N) is 7. The van der Waals surface area contributed by atoms with Crippen LogP contribution < -0.4 is 0 Å². The number of para-hydroxylation sites is 2. The molecule has 0 aliphatic carbocycles. The molecule has 0 N–H and O–H groups in total. The van der Waals surface area contributed by atoms with Crippen LogP contribution in [0, 0.1) is 12.1 Å². The monoisotopic (exact) mass is 762 g/mol. The van der Waals surface area contributed by atoms with E-state index in [1.165, 1.54) is 0 Å². The van der Waals surface area contributed by atoms with E-state index in [1.54, 1.807) is 18.6 Å². The maximum Gasteiger partial charge on any atom is 2.00 e. The zero-order valence-corrected chi connectivity index (χ0v) is 25.8. The summed E-state index contributed by atoms with van der Waals surface area (Å²) in [6.07, 6.45) is 9.22. The van der Waals surface area contributed by atoms with E-state index in [1.807, 2.05) is 88.5 Å². The van der Waals surface area contributed by atoms with E-state index in [4.69, 9.17) is 9.40 Å². The molecular weight excluding hydrogens is 742 g/mol. The van der Waals surface area contributed by atoms with Crippen molar-refractivity contribution in [3.05, 3.63) is 140 Å². The minimum absolute atomic E-state index is 0. The summed E-state index contributed by atoms with van der Waals surface area (Å²) in [6.45, 7) is 0. The van der Waals surface area contributed by atoms with Gasteiger partial charge in [0.05, 0.1) is 11.2 Å². The number of pyridine rings is 1. The van der Waals surface area contributed by atoms with Gasteiger partial charge in [0.15, 0.2) is 0 Å². The molecule has 5 aromatic heterocycles. The van der Waals surface area contributed by atoms with Crippen molar-refractivity contribution in [1.82, 2.24) is 34.1 Å². The Labute approximate surface area is 271 Å². The molecule has 0 saturated heterocycles. The third-order valence-corrected chi connectivity index (χ3v) is 7.77. The summed E-state index contributed by atoms with van der Waals surface area (Å²) in [5.74, 6) is 0.514. The van der Waals surface area contributed by atoms with E-state index >= 15 is 0 Å². The van der Waals surface area contributed by atoms with Gasteiger partial charge in [0.1, 0.15) is 11.5 Å². The molecule has 0 radical (unpaired) electrons. The second kappa shape index (κ2) is 10.8. The van der Waals surface area contributed by atoms with E-state index in [2.05, 4.69) is 62.2 Å². The Bertz CT molecular complexity index is 2410. The molecule has 0 amide bonds. The molecule has 0 aliphatic rings. The van der Waals surface area contributed by atoms with Crippen molar-refractivity contribution < 1.29 is 25.5 Å². The Hall–Kier alpha value is -5.59. The van der Waals surface area contributed by atoms with Crippen molar-refractivity contribution in [3.63, 3.8) is 0 Å². The Kier molecular flexibility index (Phi) is 6.50. The predicted octanol–water partition coefficient (Wildman–Crippen LogP) is 7.62. The summed E-state index contributed by atoms with van der Waals surface area (Å²) in [6, 6.07) is 39.4. The fourth-order valence-electron chi connectivity index (χ4n) is 5.75.